The molecular formula is C16H16BrF2N. The van der Waals surface area contributed by atoms with E-state index in [0.717, 1.165) is 10.0 Å². The minimum absolute atomic E-state index is 0.266. The molecule has 0 aromatic heterocycles. The fourth-order valence-corrected chi connectivity index (χ4v) is 2.43. The molecule has 4 heteroatoms. The molecule has 1 unspecified atom stereocenters. The molecule has 2 aromatic carbocycles. The Morgan fingerprint density at radius 1 is 1.15 bits per heavy atom. The summed E-state index contributed by atoms with van der Waals surface area (Å²) < 4.78 is 28.4. The maximum Gasteiger partial charge on any atom is 0.128 e. The van der Waals surface area contributed by atoms with Crippen LogP contribution in [0.25, 0.3) is 0 Å². The molecule has 0 aliphatic carbocycles. The van der Waals surface area contributed by atoms with E-state index in [9.17, 15) is 8.78 Å². The third-order valence-corrected chi connectivity index (χ3v) is 4.07. The molecule has 106 valence electrons. The van der Waals surface area contributed by atoms with Gasteiger partial charge in [-0.3, -0.25) is 0 Å². The first-order chi connectivity index (χ1) is 9.49. The maximum absolute atomic E-state index is 13.9. The van der Waals surface area contributed by atoms with Crippen LogP contribution in [0.2, 0.25) is 0 Å². The summed E-state index contributed by atoms with van der Waals surface area (Å²) >= 11 is 3.46. The van der Waals surface area contributed by atoms with E-state index < -0.39 is 0 Å². The quantitative estimate of drug-likeness (QED) is 0.836. The van der Waals surface area contributed by atoms with Crippen molar-refractivity contribution >= 4 is 15.9 Å². The van der Waals surface area contributed by atoms with Crippen molar-refractivity contribution in [2.75, 3.05) is 0 Å². The van der Waals surface area contributed by atoms with Crippen LogP contribution in [0.3, 0.4) is 0 Å². The summed E-state index contributed by atoms with van der Waals surface area (Å²) in [6, 6.07) is 10.1. The Bertz CT molecular complexity index is 613. The number of rotatable bonds is 4. The van der Waals surface area contributed by atoms with E-state index in [0.29, 0.717) is 17.7 Å². The Hall–Kier alpha value is -1.26. The van der Waals surface area contributed by atoms with E-state index in [1.807, 2.05) is 31.2 Å². The van der Waals surface area contributed by atoms with Gasteiger partial charge in [-0.05, 0) is 43.2 Å². The third-order valence-electron chi connectivity index (χ3n) is 3.30. The standard InChI is InChI=1S/C16H16BrF2N/c1-10-7-16(19)13(8-15(10)18)11(2)20-9-12-5-3-4-6-14(12)17/h3-8,11,20H,9H2,1-2H3. The van der Waals surface area contributed by atoms with Gasteiger partial charge in [0.1, 0.15) is 11.6 Å². The first kappa shape index (κ1) is 15.1. The van der Waals surface area contributed by atoms with E-state index in [1.54, 1.807) is 6.92 Å². The Morgan fingerprint density at radius 2 is 1.85 bits per heavy atom. The van der Waals surface area contributed by atoms with Crippen molar-refractivity contribution < 1.29 is 8.78 Å². The van der Waals surface area contributed by atoms with Crippen molar-refractivity contribution in [1.82, 2.24) is 5.32 Å². The largest absolute Gasteiger partial charge is 0.306 e. The molecule has 1 atom stereocenters. The second-order valence-electron chi connectivity index (χ2n) is 4.82. The molecule has 1 nitrogen and oxygen atoms in total. The van der Waals surface area contributed by atoms with Crippen LogP contribution < -0.4 is 5.32 Å². The van der Waals surface area contributed by atoms with Gasteiger partial charge in [0.15, 0.2) is 0 Å². The Kier molecular flexibility index (Phi) is 4.89. The highest BCUT2D eigenvalue weighted by Gasteiger charge is 2.13. The van der Waals surface area contributed by atoms with E-state index in [1.165, 1.54) is 12.1 Å². The van der Waals surface area contributed by atoms with Gasteiger partial charge in [0.25, 0.3) is 0 Å². The molecule has 0 aliphatic rings. The molecule has 0 fully saturated rings. The zero-order valence-electron chi connectivity index (χ0n) is 11.4. The van der Waals surface area contributed by atoms with Gasteiger partial charge in [-0.15, -0.1) is 0 Å². The van der Waals surface area contributed by atoms with Gasteiger partial charge in [0.2, 0.25) is 0 Å². The SMILES string of the molecule is Cc1cc(F)c(C(C)NCc2ccccc2Br)cc1F. The Morgan fingerprint density at radius 3 is 2.55 bits per heavy atom. The summed E-state index contributed by atoms with van der Waals surface area (Å²) in [5.41, 5.74) is 1.75. The van der Waals surface area contributed by atoms with Gasteiger partial charge in [0, 0.05) is 22.6 Å². The highest BCUT2D eigenvalue weighted by atomic mass is 79.9. The predicted molar refractivity (Wildman–Crippen MR) is 80.5 cm³/mol. The summed E-state index contributed by atoms with van der Waals surface area (Å²) in [7, 11) is 0. The fourth-order valence-electron chi connectivity index (χ4n) is 2.01. The van der Waals surface area contributed by atoms with Crippen LogP contribution in [-0.4, -0.2) is 0 Å². The van der Waals surface area contributed by atoms with Crippen LogP contribution in [0.1, 0.15) is 29.7 Å². The minimum Gasteiger partial charge on any atom is -0.306 e. The van der Waals surface area contributed by atoms with Crippen molar-refractivity contribution in [2.45, 2.75) is 26.4 Å². The molecular weight excluding hydrogens is 324 g/mol. The lowest BCUT2D eigenvalue weighted by molar-refractivity contribution is 0.516. The predicted octanol–water partition coefficient (Wildman–Crippen LogP) is 4.89. The van der Waals surface area contributed by atoms with Crippen LogP contribution in [0.5, 0.6) is 0 Å². The van der Waals surface area contributed by atoms with Crippen molar-refractivity contribution in [2.24, 2.45) is 0 Å². The number of hydrogen-bond donors (Lipinski definition) is 1. The molecule has 0 amide bonds. The summed E-state index contributed by atoms with van der Waals surface area (Å²) in [5.74, 6) is -0.757. The molecule has 0 radical (unpaired) electrons. The highest BCUT2D eigenvalue weighted by molar-refractivity contribution is 9.10. The van der Waals surface area contributed by atoms with E-state index >= 15 is 0 Å². The summed E-state index contributed by atoms with van der Waals surface area (Å²) in [4.78, 5) is 0. The molecule has 1 N–H and O–H groups in total. The Labute approximate surface area is 126 Å². The number of nitrogens with one attached hydrogen (secondary N) is 1. The lowest BCUT2D eigenvalue weighted by Crippen LogP contribution is -2.19. The zero-order valence-corrected chi connectivity index (χ0v) is 13.0. The molecule has 0 saturated heterocycles. The fraction of sp³-hybridized carbons (Fsp3) is 0.250. The smallest absolute Gasteiger partial charge is 0.128 e. The van der Waals surface area contributed by atoms with Gasteiger partial charge in [0.05, 0.1) is 0 Å². The van der Waals surface area contributed by atoms with Crippen LogP contribution in [0.15, 0.2) is 40.9 Å². The number of benzene rings is 2. The van der Waals surface area contributed by atoms with E-state index in [2.05, 4.69) is 21.2 Å². The van der Waals surface area contributed by atoms with Gasteiger partial charge >= 0.3 is 0 Å². The van der Waals surface area contributed by atoms with E-state index in [-0.39, 0.29) is 17.7 Å². The van der Waals surface area contributed by atoms with Crippen molar-refractivity contribution in [3.8, 4) is 0 Å². The summed E-state index contributed by atoms with van der Waals surface area (Å²) in [5, 5.41) is 3.21. The van der Waals surface area contributed by atoms with Crippen molar-refractivity contribution in [3.05, 3.63) is 69.2 Å². The molecule has 0 heterocycles. The van der Waals surface area contributed by atoms with Crippen molar-refractivity contribution in [3.63, 3.8) is 0 Å². The topological polar surface area (TPSA) is 12.0 Å². The summed E-state index contributed by atoms with van der Waals surface area (Å²) in [6.45, 7) is 3.96. The van der Waals surface area contributed by atoms with Crippen LogP contribution >= 0.6 is 15.9 Å². The zero-order chi connectivity index (χ0) is 14.7. The average Bonchev–Trinajstić information content (AvgIpc) is 2.41. The first-order valence-electron chi connectivity index (χ1n) is 6.41. The second kappa shape index (κ2) is 6.46. The molecule has 0 aliphatic heterocycles. The average molecular weight is 340 g/mol. The molecule has 0 saturated carbocycles. The van der Waals surface area contributed by atoms with E-state index in [4.69, 9.17) is 0 Å². The maximum atomic E-state index is 13.9. The minimum atomic E-state index is -0.379. The second-order valence-corrected chi connectivity index (χ2v) is 5.67. The number of halogens is 3. The lowest BCUT2D eigenvalue weighted by atomic mass is 10.0. The van der Waals surface area contributed by atoms with Crippen LogP contribution in [0, 0.1) is 18.6 Å². The molecule has 0 bridgehead atoms. The van der Waals surface area contributed by atoms with Crippen molar-refractivity contribution in [1.29, 1.82) is 0 Å². The monoisotopic (exact) mass is 339 g/mol. The third kappa shape index (κ3) is 3.44. The lowest BCUT2D eigenvalue weighted by Gasteiger charge is -2.16. The highest BCUT2D eigenvalue weighted by Crippen LogP contribution is 2.22. The molecule has 2 aromatic rings. The first-order valence-corrected chi connectivity index (χ1v) is 7.20. The summed E-state index contributed by atoms with van der Waals surface area (Å²) in [6.07, 6.45) is 0. The van der Waals surface area contributed by atoms with Gasteiger partial charge < -0.3 is 5.32 Å². The van der Waals surface area contributed by atoms with Gasteiger partial charge in [-0.25, -0.2) is 8.78 Å². The van der Waals surface area contributed by atoms with Crippen LogP contribution in [0.4, 0.5) is 8.78 Å². The normalized spacial score (nSPS) is 12.4. The van der Waals surface area contributed by atoms with Gasteiger partial charge in [-0.1, -0.05) is 34.1 Å². The molecule has 20 heavy (non-hydrogen) atoms. The number of hydrogen-bond acceptors (Lipinski definition) is 1. The molecule has 0 spiro atoms. The number of aryl methyl sites for hydroxylation is 1. The van der Waals surface area contributed by atoms with Gasteiger partial charge in [-0.2, -0.15) is 0 Å². The van der Waals surface area contributed by atoms with Crippen LogP contribution in [-0.2, 0) is 6.54 Å². The Balaban J connectivity index is 2.11. The molecule has 2 rings (SSSR count).